The fraction of sp³-hybridized carbons (Fsp3) is 0.231. The van der Waals surface area contributed by atoms with Crippen molar-refractivity contribution in [2.24, 2.45) is 0 Å². The predicted octanol–water partition coefficient (Wildman–Crippen LogP) is 4.80. The number of nitrogens with one attached hydrogen (secondary N) is 2. The summed E-state index contributed by atoms with van der Waals surface area (Å²) in [7, 11) is 3.05. The Balaban J connectivity index is 1.63. The van der Waals surface area contributed by atoms with E-state index in [1.54, 1.807) is 18.2 Å². The first-order valence-corrected chi connectivity index (χ1v) is 10.4. The smallest absolute Gasteiger partial charge is 0.255 e. The number of rotatable bonds is 8. The molecule has 0 saturated carbocycles. The third kappa shape index (κ3) is 5.88. The van der Waals surface area contributed by atoms with Crippen LogP contribution in [-0.4, -0.2) is 32.6 Å². The maximum absolute atomic E-state index is 13.1. The van der Waals surface area contributed by atoms with Crippen LogP contribution < -0.4 is 20.1 Å². The highest BCUT2D eigenvalue weighted by molar-refractivity contribution is 6.04. The van der Waals surface area contributed by atoms with Crippen molar-refractivity contribution in [1.82, 2.24) is 5.32 Å². The van der Waals surface area contributed by atoms with Crippen molar-refractivity contribution in [2.45, 2.75) is 19.3 Å². The first-order valence-electron chi connectivity index (χ1n) is 10.4. The van der Waals surface area contributed by atoms with E-state index in [1.807, 2.05) is 38.1 Å². The van der Waals surface area contributed by atoms with Crippen molar-refractivity contribution in [3.8, 4) is 11.5 Å². The van der Waals surface area contributed by atoms with E-state index in [-0.39, 0.29) is 23.0 Å². The molecule has 0 saturated heterocycles. The molecule has 0 unspecified atom stereocenters. The van der Waals surface area contributed by atoms with Crippen molar-refractivity contribution >= 4 is 17.5 Å². The largest absolute Gasteiger partial charge is 0.493 e. The summed E-state index contributed by atoms with van der Waals surface area (Å²) in [6.45, 7) is 4.41. The molecule has 0 atom stereocenters. The Morgan fingerprint density at radius 3 is 2.03 bits per heavy atom. The molecule has 0 heterocycles. The molecule has 0 radical (unpaired) electrons. The molecule has 0 fully saturated rings. The van der Waals surface area contributed by atoms with Gasteiger partial charge in [-0.2, -0.15) is 0 Å². The van der Waals surface area contributed by atoms with Crippen LogP contribution in [0.3, 0.4) is 0 Å². The van der Waals surface area contributed by atoms with Crippen molar-refractivity contribution in [3.05, 3.63) is 89.2 Å². The lowest BCUT2D eigenvalue weighted by atomic mass is 9.84. The molecular weight excluding hydrogens is 423 g/mol. The Bertz CT molecular complexity index is 1130. The van der Waals surface area contributed by atoms with Crippen molar-refractivity contribution < 1.29 is 23.5 Å². The van der Waals surface area contributed by atoms with Gasteiger partial charge in [-0.05, 0) is 60.2 Å². The van der Waals surface area contributed by atoms with E-state index in [9.17, 15) is 14.0 Å². The quantitative estimate of drug-likeness (QED) is 0.517. The molecule has 2 N–H and O–H groups in total. The number of ether oxygens (including phenoxy) is 2. The average Bonchev–Trinajstić information content (AvgIpc) is 2.82. The summed E-state index contributed by atoms with van der Waals surface area (Å²) in [5.74, 6) is 0.110. The highest BCUT2D eigenvalue weighted by Crippen LogP contribution is 2.28. The van der Waals surface area contributed by atoms with Crippen LogP contribution in [0.4, 0.5) is 10.1 Å². The van der Waals surface area contributed by atoms with Crippen molar-refractivity contribution in [1.29, 1.82) is 0 Å². The number of amides is 2. The van der Waals surface area contributed by atoms with Gasteiger partial charge in [0.2, 0.25) is 0 Å². The third-order valence-corrected chi connectivity index (χ3v) is 5.37. The molecule has 0 spiro atoms. The van der Waals surface area contributed by atoms with E-state index in [4.69, 9.17) is 9.47 Å². The second-order valence-electron chi connectivity index (χ2n) is 8.17. The monoisotopic (exact) mass is 450 g/mol. The first-order chi connectivity index (χ1) is 15.7. The second kappa shape index (κ2) is 10.2. The van der Waals surface area contributed by atoms with Crippen LogP contribution in [-0.2, 0) is 5.41 Å². The number of halogens is 1. The number of carbonyl (C=O) groups is 2. The molecule has 172 valence electrons. The summed E-state index contributed by atoms with van der Waals surface area (Å²) in [6, 6.07) is 17.8. The second-order valence-corrected chi connectivity index (χ2v) is 8.17. The Kier molecular flexibility index (Phi) is 7.33. The molecule has 0 aromatic heterocycles. The van der Waals surface area contributed by atoms with Crippen molar-refractivity contribution in [2.75, 3.05) is 26.1 Å². The maximum atomic E-state index is 13.1. The molecule has 0 aliphatic carbocycles. The van der Waals surface area contributed by atoms with E-state index < -0.39 is 0 Å². The lowest BCUT2D eigenvalue weighted by Crippen LogP contribution is -2.36. The Morgan fingerprint density at radius 2 is 1.42 bits per heavy atom. The van der Waals surface area contributed by atoms with E-state index in [2.05, 4.69) is 10.6 Å². The van der Waals surface area contributed by atoms with Gasteiger partial charge in [0.25, 0.3) is 11.8 Å². The zero-order valence-corrected chi connectivity index (χ0v) is 19.1. The number of anilines is 1. The van der Waals surface area contributed by atoms with Gasteiger partial charge in [-0.3, -0.25) is 9.59 Å². The van der Waals surface area contributed by atoms with Gasteiger partial charge in [0.1, 0.15) is 5.82 Å². The molecule has 0 bridgehead atoms. The highest BCUT2D eigenvalue weighted by Gasteiger charge is 2.22. The minimum absolute atomic E-state index is 0.262. The number of hydrogen-bond acceptors (Lipinski definition) is 4. The summed E-state index contributed by atoms with van der Waals surface area (Å²) in [5.41, 5.74) is 2.12. The zero-order valence-electron chi connectivity index (χ0n) is 19.1. The molecule has 3 rings (SSSR count). The number of benzene rings is 3. The van der Waals surface area contributed by atoms with Crippen LogP contribution in [0.15, 0.2) is 66.7 Å². The number of methoxy groups -OCH3 is 2. The van der Waals surface area contributed by atoms with Gasteiger partial charge >= 0.3 is 0 Å². The average molecular weight is 451 g/mol. The maximum Gasteiger partial charge on any atom is 0.255 e. The summed E-state index contributed by atoms with van der Waals surface area (Å²) in [4.78, 5) is 25.0. The summed E-state index contributed by atoms with van der Waals surface area (Å²) >= 11 is 0. The Morgan fingerprint density at radius 1 is 0.818 bits per heavy atom. The number of carbonyl (C=O) groups excluding carboxylic acids is 2. The molecule has 3 aromatic carbocycles. The zero-order chi connectivity index (χ0) is 24.0. The van der Waals surface area contributed by atoms with Gasteiger partial charge in [-0.1, -0.05) is 26.0 Å². The summed E-state index contributed by atoms with van der Waals surface area (Å²) < 4.78 is 23.5. The van der Waals surface area contributed by atoms with Crippen molar-refractivity contribution in [3.63, 3.8) is 0 Å². The summed E-state index contributed by atoms with van der Waals surface area (Å²) in [6.07, 6.45) is 0. The van der Waals surface area contributed by atoms with Gasteiger partial charge < -0.3 is 20.1 Å². The Hall–Kier alpha value is -3.87. The molecule has 7 heteroatoms. The SMILES string of the molecule is COc1ccc(C(=O)Nc2ccc(C(C)(C)CNC(=O)c3ccc(F)cc3)cc2)cc1OC. The lowest BCUT2D eigenvalue weighted by molar-refractivity contribution is 0.0944. The van der Waals surface area contributed by atoms with Gasteiger partial charge in [-0.25, -0.2) is 4.39 Å². The predicted molar refractivity (Wildman–Crippen MR) is 126 cm³/mol. The van der Waals surface area contributed by atoms with Crippen LogP contribution in [0.5, 0.6) is 11.5 Å². The van der Waals surface area contributed by atoms with Crippen LogP contribution >= 0.6 is 0 Å². The molecule has 0 aliphatic heterocycles. The van der Waals surface area contributed by atoms with E-state index >= 15 is 0 Å². The van der Waals surface area contributed by atoms with Gasteiger partial charge in [0.05, 0.1) is 14.2 Å². The number of hydrogen-bond donors (Lipinski definition) is 2. The minimum Gasteiger partial charge on any atom is -0.493 e. The van der Waals surface area contributed by atoms with E-state index in [0.717, 1.165) is 5.56 Å². The fourth-order valence-corrected chi connectivity index (χ4v) is 3.29. The van der Waals surface area contributed by atoms with Gasteiger partial charge in [0, 0.05) is 28.8 Å². The fourth-order valence-electron chi connectivity index (χ4n) is 3.29. The van der Waals surface area contributed by atoms with Crippen LogP contribution in [0.1, 0.15) is 40.1 Å². The molecule has 33 heavy (non-hydrogen) atoms. The highest BCUT2D eigenvalue weighted by atomic mass is 19.1. The van der Waals surface area contributed by atoms with E-state index in [0.29, 0.717) is 34.9 Å². The van der Waals surface area contributed by atoms with Gasteiger partial charge in [0.15, 0.2) is 11.5 Å². The lowest BCUT2D eigenvalue weighted by Gasteiger charge is -2.26. The molecular formula is C26H27FN2O4. The normalized spacial score (nSPS) is 10.9. The van der Waals surface area contributed by atoms with E-state index in [1.165, 1.54) is 38.5 Å². The molecule has 3 aromatic rings. The standard InChI is InChI=1S/C26H27FN2O4/c1-26(2,16-28-24(30)17-5-10-20(27)11-6-17)19-8-12-21(13-9-19)29-25(31)18-7-14-22(32-3)23(15-18)33-4/h5-15H,16H2,1-4H3,(H,28,30)(H,29,31). The minimum atomic E-state index is -0.384. The molecule has 0 aliphatic rings. The first kappa shape index (κ1) is 23.8. The van der Waals surface area contributed by atoms with Crippen LogP contribution in [0.2, 0.25) is 0 Å². The van der Waals surface area contributed by atoms with Crippen LogP contribution in [0, 0.1) is 5.82 Å². The topological polar surface area (TPSA) is 76.7 Å². The summed E-state index contributed by atoms with van der Waals surface area (Å²) in [5, 5.41) is 5.76. The molecule has 6 nitrogen and oxygen atoms in total. The Labute approximate surface area is 192 Å². The van der Waals surface area contributed by atoms with Crippen LogP contribution in [0.25, 0.3) is 0 Å². The molecule has 2 amide bonds. The van der Waals surface area contributed by atoms with Gasteiger partial charge in [-0.15, -0.1) is 0 Å². The third-order valence-electron chi connectivity index (χ3n) is 5.37.